The maximum Gasteiger partial charge on any atom is 0.306 e. The third-order valence-corrected chi connectivity index (χ3v) is 3.07. The summed E-state index contributed by atoms with van der Waals surface area (Å²) in [5, 5.41) is 3.03. The average Bonchev–Trinajstić information content (AvgIpc) is 2.79. The van der Waals surface area contributed by atoms with E-state index >= 15 is 0 Å². The molecule has 0 spiro atoms. The van der Waals surface area contributed by atoms with Crippen LogP contribution >= 0.6 is 24.0 Å². The molecule has 1 aromatic rings. The summed E-state index contributed by atoms with van der Waals surface area (Å²) < 4.78 is 10.3. The number of carbonyl (C=O) groups excluding carboxylic acids is 1. The van der Waals surface area contributed by atoms with Gasteiger partial charge >= 0.3 is 5.97 Å². The molecule has 0 unspecified atom stereocenters. The van der Waals surface area contributed by atoms with Crippen LogP contribution in [0.25, 0.3) is 0 Å². The van der Waals surface area contributed by atoms with Gasteiger partial charge in [-0.3, -0.25) is 4.79 Å². The molecule has 0 atom stereocenters. The summed E-state index contributed by atoms with van der Waals surface area (Å²) in [5.41, 5.74) is 0. The summed E-state index contributed by atoms with van der Waals surface area (Å²) in [5.74, 6) is 1.23. The number of furan rings is 1. The molecule has 4 nitrogen and oxygen atoms in total. The topological polar surface area (TPSA) is 51.5 Å². The minimum Gasteiger partial charge on any atom is -0.469 e. The van der Waals surface area contributed by atoms with E-state index in [-0.39, 0.29) is 5.97 Å². The van der Waals surface area contributed by atoms with Crippen LogP contribution in [-0.2, 0) is 16.1 Å². The highest BCUT2D eigenvalue weighted by Gasteiger charge is 2.03. The lowest BCUT2D eigenvalue weighted by molar-refractivity contribution is -0.140. The van der Waals surface area contributed by atoms with E-state index in [1.807, 2.05) is 12.1 Å². The van der Waals surface area contributed by atoms with Crippen LogP contribution in [0.5, 0.6) is 0 Å². The number of hydrogen-bond acceptors (Lipinski definition) is 5. The number of nitrogens with one attached hydrogen (secondary N) is 1. The van der Waals surface area contributed by atoms with Crippen molar-refractivity contribution in [3.05, 3.63) is 24.2 Å². The minimum atomic E-state index is -0.221. The molecule has 88 valence electrons. The zero-order valence-electron chi connectivity index (χ0n) is 8.89. The van der Waals surface area contributed by atoms with Gasteiger partial charge in [-0.15, -0.1) is 0 Å². The quantitative estimate of drug-likeness (QED) is 0.644. The second kappa shape index (κ2) is 7.29. The summed E-state index contributed by atoms with van der Waals surface area (Å²) in [7, 11) is 1.38. The van der Waals surface area contributed by atoms with Crippen molar-refractivity contribution >= 4 is 34.3 Å². The van der Waals surface area contributed by atoms with Gasteiger partial charge in [0.05, 0.1) is 26.3 Å². The molecule has 0 aliphatic rings. The van der Waals surface area contributed by atoms with Crippen molar-refractivity contribution in [1.82, 2.24) is 5.32 Å². The molecule has 6 heteroatoms. The van der Waals surface area contributed by atoms with Gasteiger partial charge in [0.15, 0.2) is 0 Å². The molecule has 0 bridgehead atoms. The van der Waals surface area contributed by atoms with Crippen molar-refractivity contribution in [3.8, 4) is 0 Å². The molecule has 1 aromatic heterocycles. The van der Waals surface area contributed by atoms with Crippen LogP contribution in [0.4, 0.5) is 0 Å². The number of esters is 1. The molecule has 0 radical (unpaired) electrons. The number of ether oxygens (including phenoxy) is 1. The molecule has 1 heterocycles. The maximum atomic E-state index is 10.8. The van der Waals surface area contributed by atoms with Crippen molar-refractivity contribution in [1.29, 1.82) is 0 Å². The van der Waals surface area contributed by atoms with Crippen LogP contribution in [0.1, 0.15) is 12.2 Å². The summed E-state index contributed by atoms with van der Waals surface area (Å²) >= 11 is 6.49. The van der Waals surface area contributed by atoms with Crippen LogP contribution in [-0.4, -0.2) is 23.2 Å². The minimum absolute atomic E-state index is 0.221. The van der Waals surface area contributed by atoms with Crippen LogP contribution in [0.2, 0.25) is 0 Å². The Kier molecular flexibility index (Phi) is 5.95. The van der Waals surface area contributed by atoms with Crippen LogP contribution < -0.4 is 5.32 Å². The molecule has 16 heavy (non-hydrogen) atoms. The van der Waals surface area contributed by atoms with Gasteiger partial charge in [-0.1, -0.05) is 24.0 Å². The Balaban J connectivity index is 2.09. The van der Waals surface area contributed by atoms with E-state index in [2.05, 4.69) is 10.1 Å². The molecule has 0 saturated carbocycles. The molecule has 0 aromatic carbocycles. The lowest BCUT2D eigenvalue weighted by Gasteiger charge is -2.04. The maximum absolute atomic E-state index is 10.8. The molecular formula is C10H13NO3S2. The normalized spacial score (nSPS) is 9.81. The molecule has 0 aliphatic carbocycles. The average molecular weight is 259 g/mol. The van der Waals surface area contributed by atoms with Gasteiger partial charge in [0.2, 0.25) is 0 Å². The highest BCUT2D eigenvalue weighted by atomic mass is 32.2. The highest BCUT2D eigenvalue weighted by Crippen LogP contribution is 2.06. The first-order chi connectivity index (χ1) is 7.72. The lowest BCUT2D eigenvalue weighted by atomic mass is 10.4. The van der Waals surface area contributed by atoms with Crippen molar-refractivity contribution in [2.75, 3.05) is 12.9 Å². The van der Waals surface area contributed by atoms with E-state index in [0.717, 1.165) is 5.76 Å². The van der Waals surface area contributed by atoms with Crippen molar-refractivity contribution < 1.29 is 13.9 Å². The van der Waals surface area contributed by atoms with E-state index in [4.69, 9.17) is 16.6 Å². The first-order valence-corrected chi connectivity index (χ1v) is 6.11. The van der Waals surface area contributed by atoms with Gasteiger partial charge in [-0.05, 0) is 12.1 Å². The van der Waals surface area contributed by atoms with Crippen LogP contribution in [0, 0.1) is 0 Å². The number of methoxy groups -OCH3 is 1. The third kappa shape index (κ3) is 5.18. The first-order valence-electron chi connectivity index (χ1n) is 4.72. The Bertz CT molecular complexity index is 338. The predicted molar refractivity (Wildman–Crippen MR) is 67.2 cm³/mol. The molecule has 1 N–H and O–H groups in total. The molecule has 0 amide bonds. The van der Waals surface area contributed by atoms with Gasteiger partial charge in [-0.25, -0.2) is 0 Å². The molecule has 0 aliphatic heterocycles. The number of thioether (sulfide) groups is 1. The Morgan fingerprint density at radius 2 is 2.50 bits per heavy atom. The Labute approximate surface area is 104 Å². The predicted octanol–water partition coefficient (Wildman–Crippen LogP) is 1.95. The van der Waals surface area contributed by atoms with Gasteiger partial charge < -0.3 is 14.5 Å². The Morgan fingerprint density at radius 3 is 3.12 bits per heavy atom. The largest absolute Gasteiger partial charge is 0.469 e. The van der Waals surface area contributed by atoms with E-state index < -0.39 is 0 Å². The number of rotatable bonds is 5. The standard InChI is InChI=1S/C10H13NO3S2/c1-13-9(12)4-6-16-10(15)11-7-8-3-2-5-14-8/h2-3,5H,4,6-7H2,1H3,(H,11,15). The van der Waals surface area contributed by atoms with E-state index in [9.17, 15) is 4.79 Å². The van der Waals surface area contributed by atoms with Crippen molar-refractivity contribution in [2.45, 2.75) is 13.0 Å². The second-order valence-corrected chi connectivity index (χ2v) is 4.67. The van der Waals surface area contributed by atoms with Crippen LogP contribution in [0.15, 0.2) is 22.8 Å². The Morgan fingerprint density at radius 1 is 1.69 bits per heavy atom. The van der Waals surface area contributed by atoms with Gasteiger partial charge in [0, 0.05) is 5.75 Å². The van der Waals surface area contributed by atoms with E-state index in [1.165, 1.54) is 18.9 Å². The first kappa shape index (κ1) is 13.1. The second-order valence-electron chi connectivity index (χ2n) is 2.89. The Hall–Kier alpha value is -1.01. The summed E-state index contributed by atoms with van der Waals surface area (Å²) in [6, 6.07) is 3.69. The van der Waals surface area contributed by atoms with Gasteiger partial charge in [-0.2, -0.15) is 0 Å². The molecule has 0 fully saturated rings. The van der Waals surface area contributed by atoms with Gasteiger partial charge in [0.1, 0.15) is 10.1 Å². The number of hydrogen-bond donors (Lipinski definition) is 1. The highest BCUT2D eigenvalue weighted by molar-refractivity contribution is 8.22. The fraction of sp³-hybridized carbons (Fsp3) is 0.400. The zero-order valence-corrected chi connectivity index (χ0v) is 10.5. The fourth-order valence-electron chi connectivity index (χ4n) is 0.953. The number of carbonyl (C=O) groups is 1. The molecular weight excluding hydrogens is 246 g/mol. The van der Waals surface area contributed by atoms with Crippen LogP contribution in [0.3, 0.4) is 0 Å². The van der Waals surface area contributed by atoms with E-state index in [0.29, 0.717) is 23.0 Å². The zero-order chi connectivity index (χ0) is 11.8. The third-order valence-electron chi connectivity index (χ3n) is 1.75. The summed E-state index contributed by atoms with van der Waals surface area (Å²) in [6.45, 7) is 0.567. The fourth-order valence-corrected chi connectivity index (χ4v) is 1.90. The smallest absolute Gasteiger partial charge is 0.306 e. The number of thiocarbonyl (C=S) groups is 1. The van der Waals surface area contributed by atoms with Crippen molar-refractivity contribution in [3.63, 3.8) is 0 Å². The lowest BCUT2D eigenvalue weighted by Crippen LogP contribution is -2.18. The molecule has 0 saturated heterocycles. The van der Waals surface area contributed by atoms with Crippen molar-refractivity contribution in [2.24, 2.45) is 0 Å². The summed E-state index contributed by atoms with van der Waals surface area (Å²) in [6.07, 6.45) is 1.98. The van der Waals surface area contributed by atoms with E-state index in [1.54, 1.807) is 6.26 Å². The molecule has 1 rings (SSSR count). The summed E-state index contributed by atoms with van der Waals surface area (Å²) in [4.78, 5) is 10.8. The SMILES string of the molecule is COC(=O)CCSC(=S)NCc1ccco1. The monoisotopic (exact) mass is 259 g/mol. The van der Waals surface area contributed by atoms with Gasteiger partial charge in [0.25, 0.3) is 0 Å².